The summed E-state index contributed by atoms with van der Waals surface area (Å²) in [5.41, 5.74) is -0.371. The highest BCUT2D eigenvalue weighted by Gasteiger charge is 2.45. The topological polar surface area (TPSA) is 55.9 Å². The number of amides is 2. The number of benzene rings is 1. The van der Waals surface area contributed by atoms with Gasteiger partial charge in [-0.25, -0.2) is 0 Å². The molecule has 36 heavy (non-hydrogen) atoms. The van der Waals surface area contributed by atoms with E-state index in [2.05, 4.69) is 5.32 Å². The van der Waals surface area contributed by atoms with E-state index in [1.165, 1.54) is 4.90 Å². The van der Waals surface area contributed by atoms with Gasteiger partial charge in [-0.05, 0) is 12.0 Å². The Hall–Kier alpha value is -2.80. The third-order valence-corrected chi connectivity index (χ3v) is 7.33. The van der Waals surface area contributed by atoms with Gasteiger partial charge in [-0.1, -0.05) is 30.3 Å². The molecule has 6 nitrogen and oxygen atoms in total. The maximum Gasteiger partial charge on any atom is 0.418 e. The number of carbonyl (C=O) groups excluding carboxylic acids is 2. The standard InChI is InChI=1S/C23H24F6N4O2S/c24-22(25,26)7-10-33-14-31(9-6-15-4-2-1-3-5-15)12-16-18(23(27,28)29)19(36-21(16)33)20(35)32-11-8-30-17(34)13-32/h1-5H,6-14H2,(H,30,34). The number of halogens is 6. The van der Waals surface area contributed by atoms with Gasteiger partial charge in [0.2, 0.25) is 5.91 Å². The van der Waals surface area contributed by atoms with E-state index in [1.807, 2.05) is 30.3 Å². The number of hydrogen-bond donors (Lipinski definition) is 1. The molecule has 0 radical (unpaired) electrons. The van der Waals surface area contributed by atoms with E-state index in [0.717, 1.165) is 10.5 Å². The number of nitrogens with zero attached hydrogens (tertiary/aromatic N) is 3. The summed E-state index contributed by atoms with van der Waals surface area (Å²) in [5.74, 6) is -1.42. The fourth-order valence-corrected chi connectivity index (χ4v) is 5.67. The first-order chi connectivity index (χ1) is 16.9. The summed E-state index contributed by atoms with van der Waals surface area (Å²) in [6, 6.07) is 9.24. The Kier molecular flexibility index (Phi) is 7.51. The molecule has 0 atom stereocenters. The summed E-state index contributed by atoms with van der Waals surface area (Å²) < 4.78 is 81.9. The average molecular weight is 535 g/mol. The molecule has 3 heterocycles. The molecule has 1 saturated heterocycles. The van der Waals surface area contributed by atoms with Crippen molar-refractivity contribution in [2.75, 3.05) is 44.3 Å². The Morgan fingerprint density at radius 2 is 1.75 bits per heavy atom. The third kappa shape index (κ3) is 6.12. The summed E-state index contributed by atoms with van der Waals surface area (Å²) in [7, 11) is 0. The van der Waals surface area contributed by atoms with Gasteiger partial charge < -0.3 is 15.1 Å². The summed E-state index contributed by atoms with van der Waals surface area (Å²) in [6.45, 7) is -0.561. The lowest BCUT2D eigenvalue weighted by atomic mass is 10.1. The van der Waals surface area contributed by atoms with Crippen molar-refractivity contribution >= 4 is 28.2 Å². The Bertz CT molecular complexity index is 1100. The van der Waals surface area contributed by atoms with Crippen LogP contribution in [0.25, 0.3) is 0 Å². The molecule has 0 bridgehead atoms. The molecular formula is C23H24F6N4O2S. The van der Waals surface area contributed by atoms with Crippen molar-refractivity contribution < 1.29 is 35.9 Å². The molecule has 0 saturated carbocycles. The molecule has 196 valence electrons. The zero-order chi connectivity index (χ0) is 26.1. The fourth-order valence-electron chi connectivity index (χ4n) is 4.36. The lowest BCUT2D eigenvalue weighted by Crippen LogP contribution is -2.50. The number of alkyl halides is 6. The number of rotatable bonds is 6. The van der Waals surface area contributed by atoms with Crippen LogP contribution < -0.4 is 10.2 Å². The zero-order valence-corrected chi connectivity index (χ0v) is 19.9. The van der Waals surface area contributed by atoms with Crippen molar-refractivity contribution in [2.45, 2.75) is 31.7 Å². The second kappa shape index (κ2) is 10.3. The molecule has 1 aromatic carbocycles. The van der Waals surface area contributed by atoms with E-state index >= 15 is 0 Å². The predicted octanol–water partition coefficient (Wildman–Crippen LogP) is 4.11. The van der Waals surface area contributed by atoms with Crippen LogP contribution in [0.2, 0.25) is 0 Å². The second-order valence-corrected chi connectivity index (χ2v) is 9.72. The van der Waals surface area contributed by atoms with E-state index < -0.39 is 47.6 Å². The number of carbonyl (C=O) groups is 2. The molecule has 13 heteroatoms. The van der Waals surface area contributed by atoms with Crippen molar-refractivity contribution in [3.05, 3.63) is 51.9 Å². The van der Waals surface area contributed by atoms with Crippen LogP contribution in [-0.4, -0.2) is 67.2 Å². The molecule has 1 aromatic heterocycles. The molecular weight excluding hydrogens is 510 g/mol. The number of hydrogen-bond acceptors (Lipinski definition) is 5. The SMILES string of the molecule is O=C1CN(C(=O)c2sc3c(c2C(F)(F)F)CN(CCc2ccccc2)CN3CCC(F)(F)F)CCN1. The largest absolute Gasteiger partial charge is 0.418 e. The van der Waals surface area contributed by atoms with E-state index in [-0.39, 0.29) is 43.4 Å². The molecule has 2 aliphatic heterocycles. The van der Waals surface area contributed by atoms with Crippen molar-refractivity contribution in [1.82, 2.24) is 15.1 Å². The van der Waals surface area contributed by atoms with Crippen LogP contribution in [-0.2, 0) is 23.9 Å². The smallest absolute Gasteiger partial charge is 0.353 e. The fraction of sp³-hybridized carbons (Fsp3) is 0.478. The molecule has 4 rings (SSSR count). The Morgan fingerprint density at radius 1 is 1.03 bits per heavy atom. The van der Waals surface area contributed by atoms with Gasteiger partial charge in [-0.2, -0.15) is 26.3 Å². The van der Waals surface area contributed by atoms with Crippen LogP contribution >= 0.6 is 11.3 Å². The van der Waals surface area contributed by atoms with Crippen molar-refractivity contribution in [3.63, 3.8) is 0 Å². The maximum atomic E-state index is 14.3. The van der Waals surface area contributed by atoms with Crippen LogP contribution in [0.3, 0.4) is 0 Å². The molecule has 0 spiro atoms. The quantitative estimate of drug-likeness (QED) is 0.567. The summed E-state index contributed by atoms with van der Waals surface area (Å²) >= 11 is 0.556. The highest BCUT2D eigenvalue weighted by atomic mass is 32.1. The third-order valence-electron chi connectivity index (χ3n) is 6.05. The highest BCUT2D eigenvalue weighted by molar-refractivity contribution is 7.18. The number of fused-ring (bicyclic) bond motifs is 1. The van der Waals surface area contributed by atoms with E-state index in [4.69, 9.17) is 0 Å². The van der Waals surface area contributed by atoms with Gasteiger partial charge in [0, 0.05) is 38.3 Å². The van der Waals surface area contributed by atoms with Gasteiger partial charge in [0.1, 0.15) is 4.88 Å². The molecule has 2 aliphatic rings. The molecule has 0 aliphatic carbocycles. The van der Waals surface area contributed by atoms with Crippen molar-refractivity contribution in [3.8, 4) is 0 Å². The Labute approximate surface area is 207 Å². The lowest BCUT2D eigenvalue weighted by molar-refractivity contribution is -0.139. The maximum absolute atomic E-state index is 14.3. The minimum atomic E-state index is -4.90. The normalized spacial score (nSPS) is 17.2. The zero-order valence-electron chi connectivity index (χ0n) is 19.1. The average Bonchev–Trinajstić information content (AvgIpc) is 3.21. The van der Waals surface area contributed by atoms with Crippen molar-refractivity contribution in [2.24, 2.45) is 0 Å². The first-order valence-corrected chi connectivity index (χ1v) is 12.1. The van der Waals surface area contributed by atoms with Crippen LogP contribution in [0.1, 0.15) is 32.8 Å². The lowest BCUT2D eigenvalue weighted by Gasteiger charge is -2.37. The molecule has 0 unspecified atom stereocenters. The molecule has 1 fully saturated rings. The number of anilines is 1. The highest BCUT2D eigenvalue weighted by Crippen LogP contribution is 2.47. The van der Waals surface area contributed by atoms with Gasteiger partial charge in [-0.3, -0.25) is 14.5 Å². The van der Waals surface area contributed by atoms with Gasteiger partial charge in [-0.15, -0.1) is 11.3 Å². The van der Waals surface area contributed by atoms with Gasteiger partial charge in [0.15, 0.2) is 0 Å². The minimum Gasteiger partial charge on any atom is -0.353 e. The minimum absolute atomic E-state index is 0.00742. The molecule has 2 aromatic rings. The van der Waals surface area contributed by atoms with Crippen LogP contribution in [0.15, 0.2) is 30.3 Å². The number of thiophene rings is 1. The van der Waals surface area contributed by atoms with Crippen LogP contribution in [0.5, 0.6) is 0 Å². The Morgan fingerprint density at radius 3 is 2.39 bits per heavy atom. The van der Waals surface area contributed by atoms with Crippen molar-refractivity contribution in [1.29, 1.82) is 0 Å². The Balaban J connectivity index is 1.68. The van der Waals surface area contributed by atoms with E-state index in [0.29, 0.717) is 24.3 Å². The van der Waals surface area contributed by atoms with Gasteiger partial charge in [0.25, 0.3) is 5.91 Å². The van der Waals surface area contributed by atoms with Gasteiger partial charge in [0.05, 0.1) is 30.2 Å². The van der Waals surface area contributed by atoms with Crippen LogP contribution in [0, 0.1) is 0 Å². The summed E-state index contributed by atoms with van der Waals surface area (Å²) in [4.78, 5) is 28.2. The first-order valence-electron chi connectivity index (χ1n) is 11.3. The number of nitrogens with one attached hydrogen (secondary N) is 1. The van der Waals surface area contributed by atoms with Gasteiger partial charge >= 0.3 is 12.4 Å². The summed E-state index contributed by atoms with van der Waals surface area (Å²) in [5, 5.41) is 2.53. The molecule has 1 N–H and O–H groups in total. The number of piperazine rings is 1. The predicted molar refractivity (Wildman–Crippen MR) is 122 cm³/mol. The van der Waals surface area contributed by atoms with E-state index in [1.54, 1.807) is 4.90 Å². The van der Waals surface area contributed by atoms with E-state index in [9.17, 15) is 35.9 Å². The monoisotopic (exact) mass is 534 g/mol. The first kappa shape index (κ1) is 26.3. The second-order valence-electron chi connectivity index (χ2n) is 8.72. The van der Waals surface area contributed by atoms with Crippen LogP contribution in [0.4, 0.5) is 31.3 Å². The molecule has 2 amide bonds. The summed E-state index contributed by atoms with van der Waals surface area (Å²) in [6.07, 6.45) is -10.1.